The van der Waals surface area contributed by atoms with Crippen LogP contribution in [0.2, 0.25) is 0 Å². The van der Waals surface area contributed by atoms with Crippen LogP contribution in [0.1, 0.15) is 125 Å². The number of carboxylic acid groups (broad SMARTS) is 1. The monoisotopic (exact) mass is 821 g/mol. The van der Waals surface area contributed by atoms with E-state index >= 15 is 0 Å². The van der Waals surface area contributed by atoms with E-state index in [1.165, 1.54) is 6.92 Å². The van der Waals surface area contributed by atoms with E-state index < -0.39 is 71.7 Å². The van der Waals surface area contributed by atoms with Crippen LogP contribution in [-0.4, -0.2) is 122 Å². The topological polar surface area (TPSA) is 218 Å². The van der Waals surface area contributed by atoms with Crippen molar-refractivity contribution in [1.82, 2.24) is 6.15 Å². The summed E-state index contributed by atoms with van der Waals surface area (Å²) in [7, 11) is 0. The summed E-state index contributed by atoms with van der Waals surface area (Å²) in [5.74, 6) is -3.82. The molecule has 7 rings (SSSR count). The van der Waals surface area contributed by atoms with Crippen molar-refractivity contribution in [1.29, 1.82) is 0 Å². The van der Waals surface area contributed by atoms with Crippen LogP contribution in [0, 0.1) is 17.8 Å². The van der Waals surface area contributed by atoms with E-state index in [0.717, 1.165) is 50.7 Å². The fraction of sp³-hybridized carbons (Fsp3) is 0.841. The molecule has 0 amide bonds. The van der Waals surface area contributed by atoms with Crippen molar-refractivity contribution in [3.63, 3.8) is 0 Å². The van der Waals surface area contributed by atoms with E-state index in [0.29, 0.717) is 56.4 Å². The number of aliphatic hydroxyl groups is 4. The highest BCUT2D eigenvalue weighted by Crippen LogP contribution is 2.47. The summed E-state index contributed by atoms with van der Waals surface area (Å²) in [6.07, 6.45) is 9.37. The van der Waals surface area contributed by atoms with E-state index in [1.54, 1.807) is 6.08 Å². The van der Waals surface area contributed by atoms with Gasteiger partial charge in [-0.05, 0) is 95.1 Å². The van der Waals surface area contributed by atoms with Gasteiger partial charge in [-0.15, -0.1) is 0 Å². The molecule has 7 aliphatic rings. The molecule has 0 radical (unpaired) electrons. The van der Waals surface area contributed by atoms with Crippen LogP contribution in [-0.2, 0) is 38.0 Å². The number of hydrogen-bond donors (Lipinski definition) is 6. The molecule has 7 aliphatic heterocycles. The van der Waals surface area contributed by atoms with Crippen LogP contribution in [0.4, 0.5) is 0 Å². The number of carbonyl (C=O) groups is 1. The van der Waals surface area contributed by atoms with Crippen LogP contribution in [0.15, 0.2) is 36.0 Å². The SMILES string of the molecule is C=C1[C@@H](O)[C@@H]2O[C@]3(CC[C@H](/C=C/[C@@H](C)[C@@H]4CC(C)=C[C@@]5(O[C@H](C[C@@](C)(O)C(=O)O)CC[C@H]5O)O4)O3)CC[C@H]2O[C@@H]1[C@@H](O)C[C@H](C)[C@H]1O[C@@]2(CCCCO2)CC[C@H]1C.N. The zero-order valence-corrected chi connectivity index (χ0v) is 35.3. The number of ether oxygens (including phenoxy) is 7. The van der Waals surface area contributed by atoms with Crippen LogP contribution in [0.5, 0.6) is 0 Å². The molecule has 0 unspecified atom stereocenters. The summed E-state index contributed by atoms with van der Waals surface area (Å²) < 4.78 is 45.2. The van der Waals surface area contributed by atoms with Gasteiger partial charge in [0.2, 0.25) is 5.79 Å². The molecule has 14 nitrogen and oxygen atoms in total. The highest BCUT2D eigenvalue weighted by Gasteiger charge is 2.55. The molecule has 0 aromatic rings. The standard InChI is InChI=1S/C44H68O13.H3N/c1-25-21-34(55-44(23-25)35(46)12-11-31(54-44)24-41(6,50)40(48)49)26(2)9-10-30-14-18-43(53-30)19-15-33-39(57-43)36(47)29(5)38(52-33)32(45)22-28(4)37-27(3)13-17-42(56-37)16-7-8-20-51-42;/h9-10,23,26-28,30-39,45-47,50H,5,7-8,11-22,24H2,1-4,6H3,(H,48,49);1H3/b10-9+;/t26-,27-,28+,30+,31+,32+,33-,34+,35-,36-,37+,38+,39-,41-,42+,43-,44-;/m1./s1. The van der Waals surface area contributed by atoms with Gasteiger partial charge in [0.15, 0.2) is 17.2 Å². The van der Waals surface area contributed by atoms with Crippen molar-refractivity contribution >= 4 is 5.97 Å². The minimum atomic E-state index is -1.96. The molecule has 58 heavy (non-hydrogen) atoms. The van der Waals surface area contributed by atoms with Crippen molar-refractivity contribution in [2.45, 2.75) is 209 Å². The van der Waals surface area contributed by atoms with Crippen LogP contribution < -0.4 is 6.15 Å². The summed E-state index contributed by atoms with van der Waals surface area (Å²) >= 11 is 0. The first-order valence-corrected chi connectivity index (χ1v) is 21.7. The Kier molecular flexibility index (Phi) is 14.1. The third-order valence-corrected chi connectivity index (χ3v) is 14.0. The van der Waals surface area contributed by atoms with Gasteiger partial charge in [-0.1, -0.05) is 45.1 Å². The lowest BCUT2D eigenvalue weighted by atomic mass is 9.79. The first-order valence-electron chi connectivity index (χ1n) is 21.7. The third-order valence-electron chi connectivity index (χ3n) is 14.0. The highest BCUT2D eigenvalue weighted by molar-refractivity contribution is 5.76. The number of rotatable bonds is 10. The summed E-state index contributed by atoms with van der Waals surface area (Å²) in [4.78, 5) is 11.6. The molecule has 6 saturated heterocycles. The lowest BCUT2D eigenvalue weighted by Gasteiger charge is -2.50. The van der Waals surface area contributed by atoms with Gasteiger partial charge < -0.3 is 64.8 Å². The second-order valence-corrected chi connectivity index (χ2v) is 18.9. The lowest BCUT2D eigenvalue weighted by Crippen LogP contribution is -2.60. The Bertz CT molecular complexity index is 1510. The molecule has 330 valence electrons. The molecule has 3 spiro atoms. The molecular formula is C44H71NO13. The fourth-order valence-corrected chi connectivity index (χ4v) is 10.5. The molecular weight excluding hydrogens is 750 g/mol. The Hall–Kier alpha value is -1.79. The summed E-state index contributed by atoms with van der Waals surface area (Å²) in [5, 5.41) is 54.0. The van der Waals surface area contributed by atoms with Gasteiger partial charge in [0.05, 0.1) is 43.2 Å². The van der Waals surface area contributed by atoms with Crippen LogP contribution in [0.25, 0.3) is 0 Å². The fourth-order valence-electron chi connectivity index (χ4n) is 10.5. The smallest absolute Gasteiger partial charge is 0.335 e. The van der Waals surface area contributed by atoms with E-state index in [-0.39, 0.29) is 42.7 Å². The van der Waals surface area contributed by atoms with Crippen molar-refractivity contribution in [2.75, 3.05) is 6.61 Å². The number of aliphatic carboxylic acids is 1. The molecule has 7 heterocycles. The maximum absolute atomic E-state index is 11.6. The van der Waals surface area contributed by atoms with E-state index in [9.17, 15) is 30.3 Å². The molecule has 0 aromatic carbocycles. The van der Waals surface area contributed by atoms with E-state index in [4.69, 9.17) is 33.2 Å². The molecule has 8 N–H and O–H groups in total. The molecule has 0 aliphatic carbocycles. The van der Waals surface area contributed by atoms with Gasteiger partial charge in [0.25, 0.3) is 0 Å². The quantitative estimate of drug-likeness (QED) is 0.153. The summed E-state index contributed by atoms with van der Waals surface area (Å²) in [6, 6.07) is 0. The van der Waals surface area contributed by atoms with E-state index in [2.05, 4.69) is 26.5 Å². The zero-order chi connectivity index (χ0) is 40.9. The first kappa shape index (κ1) is 45.7. The Morgan fingerprint density at radius 3 is 2.47 bits per heavy atom. The summed E-state index contributed by atoms with van der Waals surface area (Å²) in [5.41, 5.74) is -0.551. The highest BCUT2D eigenvalue weighted by atomic mass is 16.7. The minimum Gasteiger partial charge on any atom is -0.479 e. The Morgan fingerprint density at radius 1 is 1.00 bits per heavy atom. The summed E-state index contributed by atoms with van der Waals surface area (Å²) in [6.45, 7) is 14.5. The molecule has 0 aromatic heterocycles. The van der Waals surface area contributed by atoms with Gasteiger partial charge in [0.1, 0.15) is 24.4 Å². The predicted molar refractivity (Wildman–Crippen MR) is 213 cm³/mol. The third kappa shape index (κ3) is 9.48. The minimum absolute atomic E-state index is 0. The average molecular weight is 822 g/mol. The molecule has 14 heteroatoms. The second-order valence-electron chi connectivity index (χ2n) is 18.9. The van der Waals surface area contributed by atoms with Gasteiger partial charge in [-0.2, -0.15) is 0 Å². The van der Waals surface area contributed by atoms with Crippen molar-refractivity contribution < 1.29 is 63.5 Å². The van der Waals surface area contributed by atoms with E-state index in [1.807, 2.05) is 19.9 Å². The van der Waals surface area contributed by atoms with Crippen molar-refractivity contribution in [2.24, 2.45) is 17.8 Å². The van der Waals surface area contributed by atoms with Crippen LogP contribution in [0.3, 0.4) is 0 Å². The van der Waals surface area contributed by atoms with Crippen molar-refractivity contribution in [3.8, 4) is 0 Å². The maximum Gasteiger partial charge on any atom is 0.335 e. The number of hydrogen-bond acceptors (Lipinski definition) is 13. The normalized spacial score (nSPS) is 44.6. The Balaban J connectivity index is 0.00000567. The van der Waals surface area contributed by atoms with Gasteiger partial charge in [-0.3, -0.25) is 0 Å². The molecule has 0 bridgehead atoms. The van der Waals surface area contributed by atoms with Crippen molar-refractivity contribution in [3.05, 3.63) is 36.0 Å². The van der Waals surface area contributed by atoms with Gasteiger partial charge >= 0.3 is 5.97 Å². The molecule has 0 saturated carbocycles. The Labute approximate surface area is 343 Å². The van der Waals surface area contributed by atoms with Gasteiger partial charge in [-0.25, -0.2) is 4.79 Å². The first-order chi connectivity index (χ1) is 26.9. The molecule has 6 fully saturated rings. The largest absolute Gasteiger partial charge is 0.479 e. The number of carboxylic acids is 1. The zero-order valence-electron chi connectivity index (χ0n) is 35.3. The second kappa shape index (κ2) is 17.9. The average Bonchev–Trinajstić information content (AvgIpc) is 3.56. The lowest BCUT2D eigenvalue weighted by molar-refractivity contribution is -0.321. The van der Waals surface area contributed by atoms with Crippen LogP contribution >= 0.6 is 0 Å². The Morgan fingerprint density at radius 2 is 1.74 bits per heavy atom. The predicted octanol–water partition coefficient (Wildman–Crippen LogP) is 5.38. The number of aliphatic hydroxyl groups excluding tert-OH is 3. The van der Waals surface area contributed by atoms with Gasteiger partial charge in [0, 0.05) is 38.0 Å². The maximum atomic E-state index is 11.6. The number of fused-ring (bicyclic) bond motifs is 1. The molecule has 17 atom stereocenters.